The van der Waals surface area contributed by atoms with Gasteiger partial charge in [0, 0.05) is 38.4 Å². The Hall–Kier alpha value is -2.14. The van der Waals surface area contributed by atoms with E-state index in [4.69, 9.17) is 0 Å². The van der Waals surface area contributed by atoms with Gasteiger partial charge in [-0.25, -0.2) is 0 Å². The molecule has 1 heterocycles. The largest absolute Gasteiger partial charge is 0.345 e. The van der Waals surface area contributed by atoms with Crippen LogP contribution in [0, 0.1) is 6.92 Å². The summed E-state index contributed by atoms with van der Waals surface area (Å²) >= 11 is 0. The molecule has 23 heavy (non-hydrogen) atoms. The summed E-state index contributed by atoms with van der Waals surface area (Å²) in [6.45, 7) is 7.06. The highest BCUT2D eigenvalue weighted by Crippen LogP contribution is 2.12. The summed E-state index contributed by atoms with van der Waals surface area (Å²) in [6.07, 6.45) is 3.93. The maximum absolute atomic E-state index is 12.0. The Balaban J connectivity index is 1.97. The number of nitrogens with zero attached hydrogens (tertiary/aromatic N) is 3. The van der Waals surface area contributed by atoms with E-state index in [-0.39, 0.29) is 18.0 Å². The first kappa shape index (κ1) is 17.2. The molecule has 0 bridgehead atoms. The van der Waals surface area contributed by atoms with Crippen molar-refractivity contribution < 1.29 is 4.79 Å². The molecular formula is C18H26N4O. The van der Waals surface area contributed by atoms with E-state index in [1.807, 2.05) is 42.1 Å². The maximum atomic E-state index is 12.0. The van der Waals surface area contributed by atoms with Crippen LogP contribution in [0.2, 0.25) is 0 Å². The lowest BCUT2D eigenvalue weighted by Crippen LogP contribution is -2.33. The molecule has 0 fully saturated rings. The van der Waals surface area contributed by atoms with E-state index in [0.717, 1.165) is 17.7 Å². The molecule has 124 valence electrons. The molecule has 0 aliphatic rings. The van der Waals surface area contributed by atoms with Gasteiger partial charge in [-0.15, -0.1) is 0 Å². The van der Waals surface area contributed by atoms with Gasteiger partial charge in [0.25, 0.3) is 5.91 Å². The fraction of sp³-hybridized carbons (Fsp3) is 0.444. The normalized spacial score (nSPS) is 13.6. The van der Waals surface area contributed by atoms with Gasteiger partial charge in [-0.3, -0.25) is 9.48 Å². The van der Waals surface area contributed by atoms with Gasteiger partial charge in [0.2, 0.25) is 0 Å². The van der Waals surface area contributed by atoms with Crippen LogP contribution in [0.15, 0.2) is 36.7 Å². The van der Waals surface area contributed by atoms with Crippen molar-refractivity contribution in [2.24, 2.45) is 0 Å². The Labute approximate surface area is 138 Å². The molecule has 5 nitrogen and oxygen atoms in total. The van der Waals surface area contributed by atoms with Crippen LogP contribution in [0.4, 0.5) is 0 Å². The van der Waals surface area contributed by atoms with Crippen molar-refractivity contribution in [1.29, 1.82) is 0 Å². The lowest BCUT2D eigenvalue weighted by Gasteiger charge is -2.22. The Kier molecular flexibility index (Phi) is 5.55. The third kappa shape index (κ3) is 4.42. The number of aryl methyl sites for hydroxylation is 1. The van der Waals surface area contributed by atoms with Crippen molar-refractivity contribution in [2.45, 2.75) is 39.4 Å². The summed E-state index contributed by atoms with van der Waals surface area (Å²) in [5.41, 5.74) is 2.99. The molecule has 0 radical (unpaired) electrons. The number of aromatic nitrogens is 2. The number of benzene rings is 1. The molecule has 2 aromatic rings. The van der Waals surface area contributed by atoms with E-state index in [0.29, 0.717) is 0 Å². The van der Waals surface area contributed by atoms with E-state index in [1.165, 1.54) is 5.56 Å². The van der Waals surface area contributed by atoms with E-state index in [9.17, 15) is 4.79 Å². The van der Waals surface area contributed by atoms with Gasteiger partial charge in [-0.05, 0) is 44.0 Å². The van der Waals surface area contributed by atoms with E-state index in [2.05, 4.69) is 30.5 Å². The monoisotopic (exact) mass is 314 g/mol. The zero-order chi connectivity index (χ0) is 17.0. The fourth-order valence-corrected chi connectivity index (χ4v) is 2.41. The van der Waals surface area contributed by atoms with Gasteiger partial charge in [-0.1, -0.05) is 12.1 Å². The topological polar surface area (TPSA) is 50.2 Å². The number of nitrogens with one attached hydrogen (secondary N) is 1. The first-order valence-corrected chi connectivity index (χ1v) is 7.93. The number of hydrogen-bond acceptors (Lipinski definition) is 3. The molecule has 5 heteroatoms. The van der Waals surface area contributed by atoms with Crippen LogP contribution in [0.25, 0.3) is 0 Å². The standard InChI is InChI=1S/C18H26N4O/c1-13-10-20-22(12-13)15(3)14(2)19-11-16-7-6-8-17(9-16)18(23)21(4)5/h6-10,12,14-15,19H,11H2,1-5H3. The van der Waals surface area contributed by atoms with Crippen molar-refractivity contribution in [3.8, 4) is 0 Å². The molecular weight excluding hydrogens is 288 g/mol. The predicted molar refractivity (Wildman–Crippen MR) is 92.4 cm³/mol. The molecule has 0 aliphatic heterocycles. The van der Waals surface area contributed by atoms with Crippen LogP contribution in [0.5, 0.6) is 0 Å². The summed E-state index contributed by atoms with van der Waals surface area (Å²) in [5.74, 6) is 0.0280. The number of hydrogen-bond donors (Lipinski definition) is 1. The Morgan fingerprint density at radius 3 is 2.70 bits per heavy atom. The zero-order valence-corrected chi connectivity index (χ0v) is 14.6. The lowest BCUT2D eigenvalue weighted by atomic mass is 10.1. The van der Waals surface area contributed by atoms with Gasteiger partial charge in [0.15, 0.2) is 0 Å². The molecule has 2 rings (SSSR count). The van der Waals surface area contributed by atoms with E-state index < -0.39 is 0 Å². The highest BCUT2D eigenvalue weighted by atomic mass is 16.2. The Bertz CT molecular complexity index is 663. The minimum Gasteiger partial charge on any atom is -0.345 e. The Morgan fingerprint density at radius 1 is 1.35 bits per heavy atom. The molecule has 1 amide bonds. The molecule has 1 aromatic heterocycles. The second-order valence-electron chi connectivity index (χ2n) is 6.31. The summed E-state index contributed by atoms with van der Waals surface area (Å²) in [7, 11) is 3.53. The first-order valence-electron chi connectivity index (χ1n) is 7.93. The second-order valence-corrected chi connectivity index (χ2v) is 6.31. The number of amides is 1. The molecule has 2 unspecified atom stereocenters. The van der Waals surface area contributed by atoms with Gasteiger partial charge >= 0.3 is 0 Å². The third-order valence-electron chi connectivity index (χ3n) is 4.08. The van der Waals surface area contributed by atoms with Crippen LogP contribution < -0.4 is 5.32 Å². The van der Waals surface area contributed by atoms with Crippen molar-refractivity contribution >= 4 is 5.91 Å². The first-order chi connectivity index (χ1) is 10.9. The molecule has 0 saturated carbocycles. The quantitative estimate of drug-likeness (QED) is 0.892. The minimum atomic E-state index is 0.0280. The van der Waals surface area contributed by atoms with Crippen molar-refractivity contribution in [3.63, 3.8) is 0 Å². The molecule has 0 aliphatic carbocycles. The predicted octanol–water partition coefficient (Wildman–Crippen LogP) is 2.63. The van der Waals surface area contributed by atoms with Crippen LogP contribution in [-0.4, -0.2) is 40.7 Å². The molecule has 0 spiro atoms. The zero-order valence-electron chi connectivity index (χ0n) is 14.6. The smallest absolute Gasteiger partial charge is 0.253 e. The van der Waals surface area contributed by atoms with Gasteiger partial charge in [0.1, 0.15) is 0 Å². The molecule has 0 saturated heterocycles. The van der Waals surface area contributed by atoms with Crippen LogP contribution in [0.1, 0.15) is 41.4 Å². The lowest BCUT2D eigenvalue weighted by molar-refractivity contribution is 0.0827. The SMILES string of the molecule is Cc1cnn(C(C)C(C)NCc2cccc(C(=O)N(C)C)c2)c1. The average Bonchev–Trinajstić information content (AvgIpc) is 2.97. The van der Waals surface area contributed by atoms with Crippen LogP contribution in [-0.2, 0) is 6.54 Å². The van der Waals surface area contributed by atoms with Gasteiger partial charge < -0.3 is 10.2 Å². The Morgan fingerprint density at radius 2 is 2.09 bits per heavy atom. The number of carbonyl (C=O) groups excluding carboxylic acids is 1. The maximum Gasteiger partial charge on any atom is 0.253 e. The minimum absolute atomic E-state index is 0.0280. The molecule has 1 N–H and O–H groups in total. The van der Waals surface area contributed by atoms with E-state index in [1.54, 1.807) is 19.0 Å². The highest BCUT2D eigenvalue weighted by Gasteiger charge is 2.14. The summed E-state index contributed by atoms with van der Waals surface area (Å²) in [6, 6.07) is 8.29. The summed E-state index contributed by atoms with van der Waals surface area (Å²) in [5, 5.41) is 7.89. The van der Waals surface area contributed by atoms with Crippen molar-refractivity contribution in [2.75, 3.05) is 14.1 Å². The van der Waals surface area contributed by atoms with E-state index >= 15 is 0 Å². The van der Waals surface area contributed by atoms with Crippen molar-refractivity contribution in [1.82, 2.24) is 20.0 Å². The van der Waals surface area contributed by atoms with Gasteiger partial charge in [0.05, 0.1) is 12.2 Å². The summed E-state index contributed by atoms with van der Waals surface area (Å²) in [4.78, 5) is 13.6. The summed E-state index contributed by atoms with van der Waals surface area (Å²) < 4.78 is 1.99. The molecule has 2 atom stereocenters. The number of carbonyl (C=O) groups is 1. The second kappa shape index (κ2) is 7.42. The van der Waals surface area contributed by atoms with Gasteiger partial charge in [-0.2, -0.15) is 5.10 Å². The molecule has 1 aromatic carbocycles. The van der Waals surface area contributed by atoms with Crippen molar-refractivity contribution in [3.05, 3.63) is 53.3 Å². The van der Waals surface area contributed by atoms with Crippen LogP contribution in [0.3, 0.4) is 0 Å². The fourth-order valence-electron chi connectivity index (χ4n) is 2.41. The highest BCUT2D eigenvalue weighted by molar-refractivity contribution is 5.94. The van der Waals surface area contributed by atoms with Crippen LogP contribution >= 0.6 is 0 Å². The number of rotatable bonds is 6. The average molecular weight is 314 g/mol. The third-order valence-corrected chi connectivity index (χ3v) is 4.08.